The second-order valence-electron chi connectivity index (χ2n) is 3.36. The topological polar surface area (TPSA) is 35.2 Å². The summed E-state index contributed by atoms with van der Waals surface area (Å²) in [6, 6.07) is -0.614. The first-order chi connectivity index (χ1) is 6.49. The van der Waals surface area contributed by atoms with Crippen molar-refractivity contribution in [3.8, 4) is 0 Å². The molecule has 1 rings (SSSR count). The zero-order chi connectivity index (χ0) is 10.6. The van der Waals surface area contributed by atoms with Gasteiger partial charge < -0.3 is 10.5 Å². The molecule has 0 saturated carbocycles. The van der Waals surface area contributed by atoms with Gasteiger partial charge in [0.2, 0.25) is 0 Å². The Morgan fingerprint density at radius 2 is 2.21 bits per heavy atom. The van der Waals surface area contributed by atoms with Gasteiger partial charge >= 0.3 is 6.18 Å². The van der Waals surface area contributed by atoms with E-state index in [1.54, 1.807) is 6.08 Å². The molecule has 0 saturated heterocycles. The van der Waals surface area contributed by atoms with E-state index in [2.05, 4.69) is 0 Å². The van der Waals surface area contributed by atoms with Crippen molar-refractivity contribution in [3.05, 3.63) is 11.8 Å². The predicted molar refractivity (Wildman–Crippen MR) is 46.5 cm³/mol. The molecule has 0 bridgehead atoms. The Morgan fingerprint density at radius 3 is 2.71 bits per heavy atom. The van der Waals surface area contributed by atoms with Gasteiger partial charge in [0.05, 0.1) is 12.6 Å². The molecule has 1 atom stereocenters. The van der Waals surface area contributed by atoms with E-state index in [9.17, 15) is 13.2 Å². The molecule has 0 aromatic rings. The summed E-state index contributed by atoms with van der Waals surface area (Å²) in [5, 5.41) is 0. The van der Waals surface area contributed by atoms with Crippen molar-refractivity contribution in [2.75, 3.05) is 6.61 Å². The molecule has 5 heteroatoms. The van der Waals surface area contributed by atoms with Gasteiger partial charge in [0, 0.05) is 6.42 Å². The Balaban J connectivity index is 2.34. The maximum atomic E-state index is 11.9. The third-order valence-corrected chi connectivity index (χ3v) is 2.07. The lowest BCUT2D eigenvalue weighted by atomic mass is 10.1. The molecule has 0 aromatic carbocycles. The van der Waals surface area contributed by atoms with Crippen LogP contribution in [0, 0.1) is 0 Å². The summed E-state index contributed by atoms with van der Waals surface area (Å²) < 4.78 is 40.8. The Hall–Kier alpha value is -0.710. The minimum atomic E-state index is -4.13. The van der Waals surface area contributed by atoms with E-state index in [4.69, 9.17) is 10.5 Å². The lowest BCUT2D eigenvalue weighted by Crippen LogP contribution is -2.27. The zero-order valence-electron chi connectivity index (χ0n) is 7.81. The van der Waals surface area contributed by atoms with Gasteiger partial charge in [-0.25, -0.2) is 0 Å². The van der Waals surface area contributed by atoms with Gasteiger partial charge in [-0.15, -0.1) is 0 Å². The molecule has 2 N–H and O–H groups in total. The number of allylic oxidation sites excluding steroid dienone is 1. The van der Waals surface area contributed by atoms with Crippen molar-refractivity contribution in [1.82, 2.24) is 0 Å². The number of rotatable bonds is 3. The van der Waals surface area contributed by atoms with Crippen molar-refractivity contribution in [3.63, 3.8) is 0 Å². The van der Waals surface area contributed by atoms with Crippen LogP contribution in [0.1, 0.15) is 25.7 Å². The van der Waals surface area contributed by atoms with Crippen LogP contribution in [0.2, 0.25) is 0 Å². The molecule has 82 valence electrons. The zero-order valence-corrected chi connectivity index (χ0v) is 7.81. The Kier molecular flexibility index (Phi) is 3.80. The monoisotopic (exact) mass is 209 g/mol. The van der Waals surface area contributed by atoms with Gasteiger partial charge in [-0.05, 0) is 25.3 Å². The Labute approximate surface area is 80.9 Å². The van der Waals surface area contributed by atoms with Crippen LogP contribution in [0.15, 0.2) is 11.8 Å². The summed E-state index contributed by atoms with van der Waals surface area (Å²) >= 11 is 0. The molecular weight excluding hydrogens is 195 g/mol. The summed E-state index contributed by atoms with van der Waals surface area (Å²) in [5.41, 5.74) is 5.56. The molecule has 1 unspecified atom stereocenters. The van der Waals surface area contributed by atoms with Gasteiger partial charge in [-0.3, -0.25) is 0 Å². The maximum Gasteiger partial charge on any atom is 0.389 e. The third kappa shape index (κ3) is 4.00. The molecule has 0 aliphatic carbocycles. The summed E-state index contributed by atoms with van der Waals surface area (Å²) in [6.45, 7) is 0.561. The quantitative estimate of drug-likeness (QED) is 0.774. The van der Waals surface area contributed by atoms with E-state index in [1.807, 2.05) is 0 Å². The van der Waals surface area contributed by atoms with Crippen molar-refractivity contribution in [2.24, 2.45) is 5.73 Å². The second-order valence-corrected chi connectivity index (χ2v) is 3.36. The van der Waals surface area contributed by atoms with E-state index in [1.165, 1.54) is 0 Å². The molecule has 1 heterocycles. The lowest BCUT2D eigenvalue weighted by Gasteiger charge is -2.20. The van der Waals surface area contributed by atoms with Crippen LogP contribution in [-0.2, 0) is 4.74 Å². The summed E-state index contributed by atoms with van der Waals surface area (Å²) in [5.74, 6) is 0.514. The molecule has 0 aromatic heterocycles. The van der Waals surface area contributed by atoms with Gasteiger partial charge in [-0.2, -0.15) is 13.2 Å². The average Bonchev–Trinajstić information content (AvgIpc) is 2.14. The predicted octanol–water partition coefficient (Wildman–Crippen LogP) is 2.35. The molecule has 1 aliphatic heterocycles. The van der Waals surface area contributed by atoms with Crippen LogP contribution in [0.4, 0.5) is 13.2 Å². The van der Waals surface area contributed by atoms with Crippen LogP contribution in [-0.4, -0.2) is 18.8 Å². The van der Waals surface area contributed by atoms with E-state index in [-0.39, 0.29) is 6.42 Å². The fraction of sp³-hybridized carbons (Fsp3) is 0.778. The highest BCUT2D eigenvalue weighted by Gasteiger charge is 2.28. The summed E-state index contributed by atoms with van der Waals surface area (Å²) in [7, 11) is 0. The number of ether oxygens (including phenoxy) is 1. The first-order valence-corrected chi connectivity index (χ1v) is 4.64. The number of hydrogen-bond acceptors (Lipinski definition) is 2. The molecular formula is C9H14F3NO. The van der Waals surface area contributed by atoms with Crippen LogP contribution < -0.4 is 5.73 Å². The highest BCUT2D eigenvalue weighted by Crippen LogP contribution is 2.24. The van der Waals surface area contributed by atoms with Crippen LogP contribution in [0.25, 0.3) is 0 Å². The standard InChI is InChI=1S/C9H14F3NO/c10-9(11,12)5-4-7(13)8-3-1-2-6-14-8/h3,7H,1-2,4-6,13H2. The Bertz CT molecular complexity index is 213. The largest absolute Gasteiger partial charge is 0.497 e. The SMILES string of the molecule is NC(CCC(F)(F)F)C1=CCCCO1. The normalized spacial score (nSPS) is 19.9. The van der Waals surface area contributed by atoms with Gasteiger partial charge in [-0.1, -0.05) is 0 Å². The molecule has 0 spiro atoms. The van der Waals surface area contributed by atoms with Crippen LogP contribution in [0.5, 0.6) is 0 Å². The minimum Gasteiger partial charge on any atom is -0.497 e. The average molecular weight is 209 g/mol. The first kappa shape index (κ1) is 11.4. The van der Waals surface area contributed by atoms with Crippen LogP contribution >= 0.6 is 0 Å². The molecule has 2 nitrogen and oxygen atoms in total. The van der Waals surface area contributed by atoms with Crippen LogP contribution in [0.3, 0.4) is 0 Å². The van der Waals surface area contributed by atoms with Gasteiger partial charge in [0.15, 0.2) is 0 Å². The highest BCUT2D eigenvalue weighted by molar-refractivity contribution is 5.04. The third-order valence-electron chi connectivity index (χ3n) is 2.07. The van der Waals surface area contributed by atoms with Gasteiger partial charge in [0.1, 0.15) is 5.76 Å². The number of halogens is 3. The minimum absolute atomic E-state index is 0.102. The summed E-state index contributed by atoms with van der Waals surface area (Å²) in [4.78, 5) is 0. The van der Waals surface area contributed by atoms with E-state index < -0.39 is 18.6 Å². The molecule has 0 amide bonds. The van der Waals surface area contributed by atoms with Crippen molar-refractivity contribution >= 4 is 0 Å². The van der Waals surface area contributed by atoms with E-state index >= 15 is 0 Å². The highest BCUT2D eigenvalue weighted by atomic mass is 19.4. The molecule has 14 heavy (non-hydrogen) atoms. The maximum absolute atomic E-state index is 11.9. The lowest BCUT2D eigenvalue weighted by molar-refractivity contribution is -0.136. The van der Waals surface area contributed by atoms with Crippen molar-refractivity contribution < 1.29 is 17.9 Å². The second kappa shape index (κ2) is 4.68. The number of nitrogens with two attached hydrogens (primary N) is 1. The van der Waals surface area contributed by atoms with E-state index in [0.717, 1.165) is 12.8 Å². The fourth-order valence-electron chi connectivity index (χ4n) is 1.30. The Morgan fingerprint density at radius 1 is 1.50 bits per heavy atom. The van der Waals surface area contributed by atoms with Crippen molar-refractivity contribution in [2.45, 2.75) is 37.9 Å². The summed E-state index contributed by atoms with van der Waals surface area (Å²) in [6.07, 6.45) is -1.55. The van der Waals surface area contributed by atoms with Gasteiger partial charge in [0.25, 0.3) is 0 Å². The number of hydrogen-bond donors (Lipinski definition) is 1. The first-order valence-electron chi connectivity index (χ1n) is 4.64. The molecule has 0 fully saturated rings. The van der Waals surface area contributed by atoms with E-state index in [0.29, 0.717) is 12.4 Å². The number of alkyl halides is 3. The van der Waals surface area contributed by atoms with Crippen molar-refractivity contribution in [1.29, 1.82) is 0 Å². The fourth-order valence-corrected chi connectivity index (χ4v) is 1.30. The molecule has 1 aliphatic rings. The molecule has 0 radical (unpaired) electrons. The smallest absolute Gasteiger partial charge is 0.389 e.